The number of imidazole rings is 1. The summed E-state index contributed by atoms with van der Waals surface area (Å²) >= 11 is 0. The highest BCUT2D eigenvalue weighted by molar-refractivity contribution is 5.93. The Morgan fingerprint density at radius 3 is 3.25 bits per heavy atom. The molecule has 5 nitrogen and oxygen atoms in total. The summed E-state index contributed by atoms with van der Waals surface area (Å²) in [5.41, 5.74) is 1.30. The molecule has 0 spiro atoms. The van der Waals surface area contributed by atoms with E-state index in [0.717, 1.165) is 31.7 Å². The average molecular weight is 223 g/mol. The van der Waals surface area contributed by atoms with Gasteiger partial charge in [-0.1, -0.05) is 0 Å². The number of nitrogens with one attached hydrogen (secondary N) is 2. The summed E-state index contributed by atoms with van der Waals surface area (Å²) in [6.45, 7) is 4.22. The van der Waals surface area contributed by atoms with Gasteiger partial charge in [-0.3, -0.25) is 4.79 Å². The fraction of sp³-hybridized carbons (Fsp3) is 0.636. The Labute approximate surface area is 94.6 Å². The first kappa shape index (κ1) is 11.1. The van der Waals surface area contributed by atoms with Crippen LogP contribution in [0.25, 0.3) is 0 Å². The molecule has 0 radical (unpaired) electrons. The number of nitrogens with zero attached hydrogens (tertiary/aromatic N) is 1. The molecule has 1 saturated heterocycles. The average Bonchev–Trinajstić information content (AvgIpc) is 2.88. The zero-order valence-corrected chi connectivity index (χ0v) is 9.45. The Hall–Kier alpha value is -1.36. The highest BCUT2D eigenvalue weighted by Crippen LogP contribution is 2.15. The topological polar surface area (TPSA) is 67.0 Å². The zero-order chi connectivity index (χ0) is 11.4. The Kier molecular flexibility index (Phi) is 3.56. The molecule has 1 aliphatic heterocycles. The highest BCUT2D eigenvalue weighted by atomic mass is 16.5. The Balaban J connectivity index is 1.73. The zero-order valence-electron chi connectivity index (χ0n) is 9.45. The van der Waals surface area contributed by atoms with Gasteiger partial charge in [0.1, 0.15) is 5.69 Å². The molecule has 1 atom stereocenters. The molecular weight excluding hydrogens is 206 g/mol. The van der Waals surface area contributed by atoms with Crippen LogP contribution in [0.2, 0.25) is 0 Å². The van der Waals surface area contributed by atoms with Crippen molar-refractivity contribution in [1.29, 1.82) is 0 Å². The third-order valence-corrected chi connectivity index (χ3v) is 2.91. The van der Waals surface area contributed by atoms with Crippen molar-refractivity contribution >= 4 is 5.91 Å². The number of aromatic nitrogens is 2. The molecule has 88 valence electrons. The van der Waals surface area contributed by atoms with Gasteiger partial charge in [0.2, 0.25) is 0 Å². The van der Waals surface area contributed by atoms with Crippen LogP contribution in [0.1, 0.15) is 29.0 Å². The predicted octanol–water partition coefficient (Wildman–Crippen LogP) is 0.875. The summed E-state index contributed by atoms with van der Waals surface area (Å²) in [4.78, 5) is 18.5. The van der Waals surface area contributed by atoms with Crippen LogP contribution in [0.4, 0.5) is 0 Å². The van der Waals surface area contributed by atoms with E-state index in [9.17, 15) is 4.79 Å². The molecule has 0 unspecified atom stereocenters. The van der Waals surface area contributed by atoms with Crippen LogP contribution < -0.4 is 5.32 Å². The third-order valence-electron chi connectivity index (χ3n) is 2.91. The van der Waals surface area contributed by atoms with Gasteiger partial charge in [0, 0.05) is 25.5 Å². The number of hydrogen-bond acceptors (Lipinski definition) is 3. The third kappa shape index (κ3) is 2.61. The normalized spacial score (nSPS) is 19.9. The Morgan fingerprint density at radius 2 is 2.62 bits per heavy atom. The molecule has 5 heteroatoms. The van der Waals surface area contributed by atoms with E-state index in [2.05, 4.69) is 15.3 Å². The van der Waals surface area contributed by atoms with Crippen molar-refractivity contribution in [1.82, 2.24) is 15.3 Å². The minimum Gasteiger partial charge on any atom is -0.381 e. The molecule has 0 aromatic carbocycles. The van der Waals surface area contributed by atoms with Crippen LogP contribution in [0.3, 0.4) is 0 Å². The number of aryl methyl sites for hydroxylation is 1. The lowest BCUT2D eigenvalue weighted by Crippen LogP contribution is -2.27. The van der Waals surface area contributed by atoms with Gasteiger partial charge in [-0.2, -0.15) is 0 Å². The maximum atomic E-state index is 11.7. The van der Waals surface area contributed by atoms with Gasteiger partial charge in [-0.25, -0.2) is 4.98 Å². The summed E-state index contributed by atoms with van der Waals surface area (Å²) in [7, 11) is 0. The van der Waals surface area contributed by atoms with Gasteiger partial charge in [0.15, 0.2) is 0 Å². The second kappa shape index (κ2) is 5.12. The number of aromatic amines is 1. The first-order chi connectivity index (χ1) is 7.77. The van der Waals surface area contributed by atoms with Gasteiger partial charge in [0.05, 0.1) is 6.33 Å². The fourth-order valence-electron chi connectivity index (χ4n) is 1.87. The van der Waals surface area contributed by atoms with Crippen LogP contribution in [0.15, 0.2) is 6.33 Å². The molecule has 1 amide bonds. The summed E-state index contributed by atoms with van der Waals surface area (Å²) in [6.07, 6.45) is 3.63. The molecule has 1 aliphatic rings. The van der Waals surface area contributed by atoms with Crippen LogP contribution in [0, 0.1) is 12.8 Å². The van der Waals surface area contributed by atoms with Gasteiger partial charge in [-0.15, -0.1) is 0 Å². The lowest BCUT2D eigenvalue weighted by atomic mass is 10.1. The lowest BCUT2D eigenvalue weighted by Gasteiger charge is -2.07. The molecule has 16 heavy (non-hydrogen) atoms. The standard InChI is InChI=1S/C11H17N3O2/c1-8-10(14-7-13-8)11(15)12-4-2-9-3-5-16-6-9/h7,9H,2-6H2,1H3,(H,12,15)(H,13,14)/t9-/m1/s1. The van der Waals surface area contributed by atoms with Gasteiger partial charge >= 0.3 is 0 Å². The van der Waals surface area contributed by atoms with Crippen LogP contribution >= 0.6 is 0 Å². The summed E-state index contributed by atoms with van der Waals surface area (Å²) in [5, 5.41) is 2.88. The van der Waals surface area contributed by atoms with Gasteiger partial charge in [-0.05, 0) is 25.7 Å². The monoisotopic (exact) mass is 223 g/mol. The van der Waals surface area contributed by atoms with Crippen LogP contribution in [-0.4, -0.2) is 35.6 Å². The van der Waals surface area contributed by atoms with E-state index in [4.69, 9.17) is 4.74 Å². The first-order valence-electron chi connectivity index (χ1n) is 5.63. The van der Waals surface area contributed by atoms with Crippen molar-refractivity contribution in [3.05, 3.63) is 17.7 Å². The minimum absolute atomic E-state index is 0.0994. The van der Waals surface area contributed by atoms with E-state index in [1.807, 2.05) is 6.92 Å². The first-order valence-corrected chi connectivity index (χ1v) is 5.63. The van der Waals surface area contributed by atoms with E-state index in [0.29, 0.717) is 18.2 Å². The van der Waals surface area contributed by atoms with E-state index in [1.54, 1.807) is 0 Å². The number of carbonyl (C=O) groups is 1. The highest BCUT2D eigenvalue weighted by Gasteiger charge is 2.16. The molecule has 0 bridgehead atoms. The maximum absolute atomic E-state index is 11.7. The molecule has 1 fully saturated rings. The number of hydrogen-bond donors (Lipinski definition) is 2. The molecule has 0 saturated carbocycles. The summed E-state index contributed by atoms with van der Waals surface area (Å²) < 4.78 is 5.28. The van der Waals surface area contributed by atoms with Crippen molar-refractivity contribution in [3.8, 4) is 0 Å². The maximum Gasteiger partial charge on any atom is 0.271 e. The molecule has 1 aromatic rings. The molecule has 0 aliphatic carbocycles. The van der Waals surface area contributed by atoms with E-state index < -0.39 is 0 Å². The largest absolute Gasteiger partial charge is 0.381 e. The Morgan fingerprint density at radius 1 is 1.75 bits per heavy atom. The quantitative estimate of drug-likeness (QED) is 0.796. The van der Waals surface area contributed by atoms with E-state index >= 15 is 0 Å². The number of rotatable bonds is 4. The Bertz CT molecular complexity index is 356. The second-order valence-corrected chi connectivity index (χ2v) is 4.15. The SMILES string of the molecule is Cc1[nH]cnc1C(=O)NCC[C@@H]1CCOC1. The fourth-order valence-corrected chi connectivity index (χ4v) is 1.87. The van der Waals surface area contributed by atoms with Crippen LogP contribution in [0.5, 0.6) is 0 Å². The van der Waals surface area contributed by atoms with Gasteiger partial charge in [0.25, 0.3) is 5.91 Å². The van der Waals surface area contributed by atoms with E-state index in [-0.39, 0.29) is 5.91 Å². The van der Waals surface area contributed by atoms with Crippen molar-refractivity contribution in [3.63, 3.8) is 0 Å². The van der Waals surface area contributed by atoms with E-state index in [1.165, 1.54) is 6.33 Å². The van der Waals surface area contributed by atoms with Gasteiger partial charge < -0.3 is 15.0 Å². The predicted molar refractivity (Wildman–Crippen MR) is 59.2 cm³/mol. The van der Waals surface area contributed by atoms with Crippen molar-refractivity contribution in [2.45, 2.75) is 19.8 Å². The number of H-pyrrole nitrogens is 1. The molecule has 1 aromatic heterocycles. The molecule has 2 N–H and O–H groups in total. The smallest absolute Gasteiger partial charge is 0.271 e. The molecule has 2 heterocycles. The molecule has 2 rings (SSSR count). The second-order valence-electron chi connectivity index (χ2n) is 4.15. The minimum atomic E-state index is -0.0994. The summed E-state index contributed by atoms with van der Waals surface area (Å²) in [6, 6.07) is 0. The molecular formula is C11H17N3O2. The number of ether oxygens (including phenoxy) is 1. The van der Waals surface area contributed by atoms with Crippen LogP contribution in [-0.2, 0) is 4.74 Å². The number of carbonyl (C=O) groups excluding carboxylic acids is 1. The van der Waals surface area contributed by atoms with Crippen molar-refractivity contribution < 1.29 is 9.53 Å². The van der Waals surface area contributed by atoms with Crippen molar-refractivity contribution in [2.24, 2.45) is 5.92 Å². The summed E-state index contributed by atoms with van der Waals surface area (Å²) in [5.74, 6) is 0.498. The number of amides is 1. The lowest BCUT2D eigenvalue weighted by molar-refractivity contribution is 0.0945. The van der Waals surface area contributed by atoms with Crippen molar-refractivity contribution in [2.75, 3.05) is 19.8 Å².